The number of halogens is 1. The van der Waals surface area contributed by atoms with Crippen LogP contribution in [0, 0.1) is 24.0 Å². The van der Waals surface area contributed by atoms with E-state index in [0.717, 1.165) is 10.0 Å². The molecule has 2 rings (SSSR count). The van der Waals surface area contributed by atoms with Crippen molar-refractivity contribution in [3.63, 3.8) is 0 Å². The van der Waals surface area contributed by atoms with Crippen molar-refractivity contribution < 1.29 is 9.72 Å². The van der Waals surface area contributed by atoms with E-state index in [0.29, 0.717) is 11.5 Å². The van der Waals surface area contributed by atoms with Crippen LogP contribution < -0.4 is 5.32 Å². The number of nitrogens with one attached hydrogen (secondary N) is 1. The lowest BCUT2D eigenvalue weighted by Gasteiger charge is -2.07. The number of rotatable bonds is 3. The van der Waals surface area contributed by atoms with Crippen molar-refractivity contribution in [3.05, 3.63) is 61.7 Å². The molecule has 6 nitrogen and oxygen atoms in total. The minimum atomic E-state index is -0.575. The third-order valence-corrected chi connectivity index (χ3v) is 3.69. The van der Waals surface area contributed by atoms with E-state index in [4.69, 9.17) is 0 Å². The Morgan fingerprint density at radius 3 is 2.62 bits per heavy atom. The monoisotopic (exact) mass is 349 g/mol. The minimum Gasteiger partial charge on any atom is -0.306 e. The third-order valence-electron chi connectivity index (χ3n) is 2.86. The quantitative estimate of drug-likeness (QED) is 0.677. The van der Waals surface area contributed by atoms with Crippen molar-refractivity contribution in [2.24, 2.45) is 0 Å². The van der Waals surface area contributed by atoms with Crippen LogP contribution >= 0.6 is 15.9 Å². The van der Waals surface area contributed by atoms with Gasteiger partial charge in [-0.3, -0.25) is 14.9 Å². The van der Waals surface area contributed by atoms with Gasteiger partial charge in [0.25, 0.3) is 11.6 Å². The number of nitro groups is 1. The molecule has 108 valence electrons. The van der Waals surface area contributed by atoms with Gasteiger partial charge in [-0.15, -0.1) is 0 Å². The van der Waals surface area contributed by atoms with E-state index in [-0.39, 0.29) is 11.3 Å². The number of aromatic nitrogens is 1. The number of nitrogens with zero attached hydrogens (tertiary/aromatic N) is 2. The zero-order valence-electron chi connectivity index (χ0n) is 11.4. The summed E-state index contributed by atoms with van der Waals surface area (Å²) >= 11 is 3.32. The molecule has 0 saturated heterocycles. The molecule has 1 aromatic heterocycles. The van der Waals surface area contributed by atoms with Crippen LogP contribution in [0.25, 0.3) is 0 Å². The Morgan fingerprint density at radius 2 is 2.00 bits per heavy atom. The molecule has 0 unspecified atom stereocenters. The Balaban J connectivity index is 2.34. The lowest BCUT2D eigenvalue weighted by molar-refractivity contribution is -0.385. The number of carbonyl (C=O) groups is 1. The van der Waals surface area contributed by atoms with Gasteiger partial charge in [0.15, 0.2) is 0 Å². The van der Waals surface area contributed by atoms with E-state index < -0.39 is 10.8 Å². The van der Waals surface area contributed by atoms with Gasteiger partial charge in [-0.25, -0.2) is 4.98 Å². The number of aryl methyl sites for hydroxylation is 2. The van der Waals surface area contributed by atoms with Gasteiger partial charge < -0.3 is 5.32 Å². The van der Waals surface area contributed by atoms with Crippen LogP contribution in [0.2, 0.25) is 0 Å². The fraction of sp³-hybridized carbons (Fsp3) is 0.143. The number of hydrogen-bond donors (Lipinski definition) is 1. The summed E-state index contributed by atoms with van der Waals surface area (Å²) in [4.78, 5) is 26.8. The molecule has 1 aromatic carbocycles. The summed E-state index contributed by atoms with van der Waals surface area (Å²) in [6.07, 6.45) is 0. The van der Waals surface area contributed by atoms with Crippen LogP contribution in [-0.4, -0.2) is 15.8 Å². The summed E-state index contributed by atoms with van der Waals surface area (Å²) in [6.45, 7) is 3.55. The SMILES string of the molecule is Cc1ccc([N+](=O)[O-])c(C(=O)Nc2ccc(Br)c(C)n2)c1. The van der Waals surface area contributed by atoms with Crippen LogP contribution in [-0.2, 0) is 0 Å². The minimum absolute atomic E-state index is 0.0161. The number of pyridine rings is 1. The second kappa shape index (κ2) is 6.01. The van der Waals surface area contributed by atoms with Crippen LogP contribution in [0.1, 0.15) is 21.6 Å². The molecule has 0 saturated carbocycles. The molecular formula is C14H12BrN3O3. The van der Waals surface area contributed by atoms with Crippen molar-refractivity contribution >= 4 is 33.3 Å². The van der Waals surface area contributed by atoms with Gasteiger partial charge in [0.1, 0.15) is 11.4 Å². The molecule has 0 atom stereocenters. The Kier molecular flexibility index (Phi) is 4.32. The van der Waals surface area contributed by atoms with Crippen LogP contribution in [0.15, 0.2) is 34.8 Å². The molecule has 2 aromatic rings. The predicted molar refractivity (Wildman–Crippen MR) is 82.5 cm³/mol. The van der Waals surface area contributed by atoms with Gasteiger partial charge in [0.2, 0.25) is 0 Å². The van der Waals surface area contributed by atoms with Crippen molar-refractivity contribution in [1.82, 2.24) is 4.98 Å². The summed E-state index contributed by atoms with van der Waals surface area (Å²) < 4.78 is 0.821. The fourth-order valence-electron chi connectivity index (χ4n) is 1.79. The maximum atomic E-state index is 12.2. The smallest absolute Gasteiger partial charge is 0.282 e. The van der Waals surface area contributed by atoms with Gasteiger partial charge in [-0.05, 0) is 53.5 Å². The van der Waals surface area contributed by atoms with E-state index in [2.05, 4.69) is 26.2 Å². The molecule has 0 aliphatic carbocycles. The molecule has 0 spiro atoms. The highest BCUT2D eigenvalue weighted by Crippen LogP contribution is 2.22. The topological polar surface area (TPSA) is 85.1 Å². The third kappa shape index (κ3) is 3.43. The summed E-state index contributed by atoms with van der Waals surface area (Å²) in [7, 11) is 0. The van der Waals surface area contributed by atoms with Gasteiger partial charge in [-0.1, -0.05) is 6.07 Å². The van der Waals surface area contributed by atoms with Gasteiger partial charge in [0.05, 0.1) is 10.6 Å². The average molecular weight is 350 g/mol. The highest BCUT2D eigenvalue weighted by Gasteiger charge is 2.20. The number of hydrogen-bond acceptors (Lipinski definition) is 4. The van der Waals surface area contributed by atoms with E-state index in [9.17, 15) is 14.9 Å². The highest BCUT2D eigenvalue weighted by atomic mass is 79.9. The zero-order valence-corrected chi connectivity index (χ0v) is 13.0. The normalized spacial score (nSPS) is 10.2. The maximum absolute atomic E-state index is 12.2. The number of amides is 1. The Labute approximate surface area is 129 Å². The van der Waals surface area contributed by atoms with E-state index in [1.165, 1.54) is 12.1 Å². The summed E-state index contributed by atoms with van der Waals surface area (Å²) in [5, 5.41) is 13.6. The Hall–Kier alpha value is -2.28. The molecule has 0 aliphatic rings. The van der Waals surface area contributed by atoms with Gasteiger partial charge >= 0.3 is 0 Å². The van der Waals surface area contributed by atoms with Gasteiger partial charge in [0, 0.05) is 10.5 Å². The van der Waals surface area contributed by atoms with Crippen molar-refractivity contribution in [2.45, 2.75) is 13.8 Å². The first-order chi connectivity index (χ1) is 9.88. The first kappa shape index (κ1) is 15.1. The van der Waals surface area contributed by atoms with Crippen LogP contribution in [0.3, 0.4) is 0 Å². The molecule has 1 N–H and O–H groups in total. The maximum Gasteiger partial charge on any atom is 0.282 e. The van der Waals surface area contributed by atoms with Gasteiger partial charge in [-0.2, -0.15) is 0 Å². The van der Waals surface area contributed by atoms with Crippen LogP contribution in [0.4, 0.5) is 11.5 Å². The average Bonchev–Trinajstić information content (AvgIpc) is 2.42. The van der Waals surface area contributed by atoms with E-state index in [1.54, 1.807) is 32.0 Å². The molecule has 21 heavy (non-hydrogen) atoms. The highest BCUT2D eigenvalue weighted by molar-refractivity contribution is 9.10. The first-order valence-electron chi connectivity index (χ1n) is 6.08. The number of anilines is 1. The second-order valence-electron chi connectivity index (χ2n) is 4.50. The lowest BCUT2D eigenvalue weighted by atomic mass is 10.1. The molecule has 0 radical (unpaired) electrons. The number of carbonyl (C=O) groups excluding carboxylic acids is 1. The molecular weight excluding hydrogens is 338 g/mol. The molecule has 0 aliphatic heterocycles. The summed E-state index contributed by atoms with van der Waals surface area (Å²) in [6, 6.07) is 7.78. The Morgan fingerprint density at radius 1 is 1.29 bits per heavy atom. The second-order valence-corrected chi connectivity index (χ2v) is 5.35. The molecule has 7 heteroatoms. The molecule has 1 amide bonds. The van der Waals surface area contributed by atoms with Crippen molar-refractivity contribution in [1.29, 1.82) is 0 Å². The summed E-state index contributed by atoms with van der Waals surface area (Å²) in [5.41, 5.74) is 1.27. The Bertz CT molecular complexity index is 731. The molecule has 0 bridgehead atoms. The van der Waals surface area contributed by atoms with E-state index in [1.807, 2.05) is 0 Å². The fourth-order valence-corrected chi connectivity index (χ4v) is 2.01. The lowest BCUT2D eigenvalue weighted by Crippen LogP contribution is -2.15. The zero-order chi connectivity index (χ0) is 15.6. The largest absolute Gasteiger partial charge is 0.306 e. The molecule has 0 fully saturated rings. The first-order valence-corrected chi connectivity index (χ1v) is 6.87. The van der Waals surface area contributed by atoms with Crippen molar-refractivity contribution in [2.75, 3.05) is 5.32 Å². The van der Waals surface area contributed by atoms with Crippen LogP contribution in [0.5, 0.6) is 0 Å². The predicted octanol–water partition coefficient (Wildman–Crippen LogP) is 3.62. The number of benzene rings is 1. The number of nitro benzene ring substituents is 1. The standard InChI is InChI=1S/C14H12BrN3O3/c1-8-3-5-12(18(20)21)10(7-8)14(19)17-13-6-4-11(15)9(2)16-13/h3-7H,1-2H3,(H,16,17,19). The summed E-state index contributed by atoms with van der Waals surface area (Å²) in [5.74, 6) is -0.212. The molecule has 1 heterocycles. The van der Waals surface area contributed by atoms with E-state index >= 15 is 0 Å². The van der Waals surface area contributed by atoms with Crippen molar-refractivity contribution in [3.8, 4) is 0 Å².